The van der Waals surface area contributed by atoms with E-state index in [9.17, 15) is 9.59 Å². The number of halogens is 2. The number of carbonyl (C=O) groups excluding carboxylic acids is 2. The fourth-order valence-electron chi connectivity index (χ4n) is 6.02. The molecule has 3 atom stereocenters. The SMILES string of the molecule is CC(C)(Oc1ccc(Cl)cc1Cl)C(=O)NC1C[C@H]2CC[C@@H](C1)N2c1ccc(C(=O)NCCN2CCCC2)cn1. The van der Waals surface area contributed by atoms with Gasteiger partial charge in [-0.05, 0) is 95.8 Å². The number of ether oxygens (including phenoxy) is 1. The van der Waals surface area contributed by atoms with Crippen molar-refractivity contribution < 1.29 is 14.3 Å². The quantitative estimate of drug-likeness (QED) is 0.452. The lowest BCUT2D eigenvalue weighted by Crippen LogP contribution is -2.55. The highest BCUT2D eigenvalue weighted by Gasteiger charge is 2.43. The molecule has 2 amide bonds. The van der Waals surface area contributed by atoms with Crippen LogP contribution in [0.3, 0.4) is 0 Å². The van der Waals surface area contributed by atoms with E-state index < -0.39 is 5.60 Å². The first-order valence-electron chi connectivity index (χ1n) is 13.9. The number of nitrogens with one attached hydrogen (secondary N) is 2. The molecule has 0 aliphatic carbocycles. The van der Waals surface area contributed by atoms with Crippen molar-refractivity contribution in [3.63, 3.8) is 0 Å². The number of rotatable bonds is 9. The standard InChI is InChI=1S/C29H37Cl2N5O3/c1-29(2,39-25-9-6-20(30)15-24(25)31)28(38)34-21-16-22-7-8-23(17-21)36(22)26-10-5-19(18-33-26)27(37)32-11-14-35-12-3-4-13-35/h5-6,9-10,15,18,21-23H,3-4,7-8,11-14,16-17H2,1-2H3,(H,32,37)(H,34,38)/t21?,22-,23+. The van der Waals surface area contributed by atoms with Gasteiger partial charge in [-0.15, -0.1) is 0 Å². The molecule has 0 spiro atoms. The average Bonchev–Trinajstić information content (AvgIpc) is 3.51. The minimum absolute atomic E-state index is 0.0514. The summed E-state index contributed by atoms with van der Waals surface area (Å²) in [6, 6.07) is 9.40. The first-order valence-corrected chi connectivity index (χ1v) is 14.6. The van der Waals surface area contributed by atoms with E-state index in [0.717, 1.165) is 51.1 Å². The van der Waals surface area contributed by atoms with Crippen LogP contribution in [0.25, 0.3) is 0 Å². The summed E-state index contributed by atoms with van der Waals surface area (Å²) >= 11 is 12.2. The van der Waals surface area contributed by atoms with Crippen LogP contribution in [-0.4, -0.2) is 71.6 Å². The Labute approximate surface area is 240 Å². The molecule has 2 aromatic rings. The van der Waals surface area contributed by atoms with Crippen molar-refractivity contribution in [2.24, 2.45) is 0 Å². The summed E-state index contributed by atoms with van der Waals surface area (Å²) in [5.74, 6) is 1.06. The van der Waals surface area contributed by atoms with Crippen molar-refractivity contribution in [3.05, 3.63) is 52.1 Å². The molecule has 3 fully saturated rings. The topological polar surface area (TPSA) is 86.8 Å². The number of amides is 2. The average molecular weight is 575 g/mol. The van der Waals surface area contributed by atoms with Crippen LogP contribution in [0.1, 0.15) is 62.7 Å². The Balaban J connectivity index is 1.14. The lowest BCUT2D eigenvalue weighted by Gasteiger charge is -2.40. The Morgan fingerprint density at radius 2 is 1.79 bits per heavy atom. The molecule has 39 heavy (non-hydrogen) atoms. The van der Waals surface area contributed by atoms with Gasteiger partial charge in [-0.3, -0.25) is 9.59 Å². The first-order chi connectivity index (χ1) is 18.7. The minimum Gasteiger partial charge on any atom is -0.476 e. The smallest absolute Gasteiger partial charge is 0.263 e. The molecule has 3 aliphatic heterocycles. The van der Waals surface area contributed by atoms with Gasteiger partial charge in [0.1, 0.15) is 11.6 Å². The maximum atomic E-state index is 13.2. The van der Waals surface area contributed by atoms with Crippen LogP contribution >= 0.6 is 23.2 Å². The number of anilines is 1. The molecule has 1 aromatic carbocycles. The van der Waals surface area contributed by atoms with E-state index in [1.165, 1.54) is 12.8 Å². The number of fused-ring (bicyclic) bond motifs is 2. The Kier molecular flexibility index (Phi) is 8.55. The highest BCUT2D eigenvalue weighted by atomic mass is 35.5. The predicted molar refractivity (Wildman–Crippen MR) is 154 cm³/mol. The number of hydrogen-bond donors (Lipinski definition) is 2. The number of benzene rings is 1. The van der Waals surface area contributed by atoms with Gasteiger partial charge >= 0.3 is 0 Å². The van der Waals surface area contributed by atoms with Crippen LogP contribution in [0.4, 0.5) is 5.82 Å². The molecule has 4 heterocycles. The van der Waals surface area contributed by atoms with Gasteiger partial charge in [-0.1, -0.05) is 23.2 Å². The summed E-state index contributed by atoms with van der Waals surface area (Å²) in [5.41, 5.74) is -0.516. The van der Waals surface area contributed by atoms with Gasteiger partial charge in [0.25, 0.3) is 11.8 Å². The third-order valence-corrected chi connectivity index (χ3v) is 8.59. The van der Waals surface area contributed by atoms with E-state index in [2.05, 4.69) is 25.4 Å². The monoisotopic (exact) mass is 573 g/mol. The largest absolute Gasteiger partial charge is 0.476 e. The number of pyridine rings is 1. The van der Waals surface area contributed by atoms with Crippen LogP contribution < -0.4 is 20.3 Å². The predicted octanol–water partition coefficient (Wildman–Crippen LogP) is 4.69. The van der Waals surface area contributed by atoms with Crippen LogP contribution in [0, 0.1) is 0 Å². The summed E-state index contributed by atoms with van der Waals surface area (Å²) in [4.78, 5) is 35.2. The summed E-state index contributed by atoms with van der Waals surface area (Å²) in [6.45, 7) is 7.27. The minimum atomic E-state index is -1.10. The Morgan fingerprint density at radius 3 is 2.44 bits per heavy atom. The second kappa shape index (κ2) is 11.9. The maximum absolute atomic E-state index is 13.2. The van der Waals surface area contributed by atoms with Gasteiger partial charge in [0.05, 0.1) is 10.6 Å². The molecule has 2 N–H and O–H groups in total. The highest BCUT2D eigenvalue weighted by molar-refractivity contribution is 6.35. The summed E-state index contributed by atoms with van der Waals surface area (Å²) < 4.78 is 5.97. The Hall–Kier alpha value is -2.55. The van der Waals surface area contributed by atoms with E-state index in [0.29, 0.717) is 27.9 Å². The molecule has 0 radical (unpaired) electrons. The number of piperidine rings is 1. The number of hydrogen-bond acceptors (Lipinski definition) is 6. The van der Waals surface area contributed by atoms with Crippen LogP contribution in [0.2, 0.25) is 10.0 Å². The zero-order valence-electron chi connectivity index (χ0n) is 22.6. The van der Waals surface area contributed by atoms with Crippen molar-refractivity contribution in [2.75, 3.05) is 31.1 Å². The Bertz CT molecular complexity index is 1170. The van der Waals surface area contributed by atoms with Gasteiger partial charge in [0, 0.05) is 42.4 Å². The molecule has 3 saturated heterocycles. The lowest BCUT2D eigenvalue weighted by atomic mass is 9.96. The zero-order valence-corrected chi connectivity index (χ0v) is 24.1. The zero-order chi connectivity index (χ0) is 27.6. The lowest BCUT2D eigenvalue weighted by molar-refractivity contribution is -0.135. The van der Waals surface area contributed by atoms with Crippen molar-refractivity contribution in [1.82, 2.24) is 20.5 Å². The van der Waals surface area contributed by atoms with Crippen LogP contribution in [0.5, 0.6) is 5.75 Å². The maximum Gasteiger partial charge on any atom is 0.263 e. The molecular weight excluding hydrogens is 537 g/mol. The molecular formula is C29H37Cl2N5O3. The van der Waals surface area contributed by atoms with Crippen molar-refractivity contribution >= 4 is 40.8 Å². The van der Waals surface area contributed by atoms with E-state index in [4.69, 9.17) is 27.9 Å². The molecule has 10 heteroatoms. The van der Waals surface area contributed by atoms with Crippen LogP contribution in [0.15, 0.2) is 36.5 Å². The first kappa shape index (κ1) is 28.0. The third-order valence-electron chi connectivity index (χ3n) is 8.06. The summed E-state index contributed by atoms with van der Waals surface area (Å²) in [5, 5.41) is 7.10. The number of likely N-dealkylation sites (tertiary alicyclic amines) is 1. The van der Waals surface area contributed by atoms with Gasteiger partial charge in [-0.2, -0.15) is 0 Å². The third kappa shape index (κ3) is 6.61. The molecule has 210 valence electrons. The van der Waals surface area contributed by atoms with Crippen molar-refractivity contribution in [2.45, 2.75) is 76.1 Å². The summed E-state index contributed by atoms with van der Waals surface area (Å²) in [6.07, 6.45) is 7.94. The van der Waals surface area contributed by atoms with Gasteiger partial charge in [-0.25, -0.2) is 4.98 Å². The molecule has 2 bridgehead atoms. The normalized spacial score (nSPS) is 23.1. The molecule has 3 aliphatic rings. The number of aromatic nitrogens is 1. The van der Waals surface area contributed by atoms with Gasteiger partial charge < -0.3 is 25.2 Å². The second-order valence-corrected chi connectivity index (χ2v) is 12.2. The highest BCUT2D eigenvalue weighted by Crippen LogP contribution is 2.39. The molecule has 8 nitrogen and oxygen atoms in total. The van der Waals surface area contributed by atoms with Crippen molar-refractivity contribution in [1.29, 1.82) is 0 Å². The van der Waals surface area contributed by atoms with E-state index in [1.54, 1.807) is 38.2 Å². The molecule has 5 rings (SSSR count). The fraction of sp³-hybridized carbons (Fsp3) is 0.552. The number of nitrogens with zero attached hydrogens (tertiary/aromatic N) is 3. The van der Waals surface area contributed by atoms with Gasteiger partial charge in [0.15, 0.2) is 5.60 Å². The van der Waals surface area contributed by atoms with E-state index >= 15 is 0 Å². The van der Waals surface area contributed by atoms with Crippen molar-refractivity contribution in [3.8, 4) is 5.75 Å². The molecule has 1 aromatic heterocycles. The molecule has 0 saturated carbocycles. The van der Waals surface area contributed by atoms with Gasteiger partial charge in [0.2, 0.25) is 0 Å². The second-order valence-electron chi connectivity index (χ2n) is 11.3. The van der Waals surface area contributed by atoms with E-state index in [-0.39, 0.29) is 29.9 Å². The Morgan fingerprint density at radius 1 is 1.08 bits per heavy atom. The molecule has 1 unspecified atom stereocenters. The fourth-order valence-corrected chi connectivity index (χ4v) is 6.46. The summed E-state index contributed by atoms with van der Waals surface area (Å²) in [7, 11) is 0. The number of carbonyl (C=O) groups is 2. The van der Waals surface area contributed by atoms with E-state index in [1.807, 2.05) is 12.1 Å². The van der Waals surface area contributed by atoms with Crippen LogP contribution in [-0.2, 0) is 4.79 Å².